The average Bonchev–Trinajstić information content (AvgIpc) is 2.52. The number of rotatable bonds is 1. The minimum atomic E-state index is 0.220. The summed E-state index contributed by atoms with van der Waals surface area (Å²) in [4.78, 5) is 19.0. The molecule has 5 rings (SSSR count). The highest BCUT2D eigenvalue weighted by Gasteiger charge is 2.36. The van der Waals surface area contributed by atoms with Crippen molar-refractivity contribution in [3.8, 4) is 0 Å². The molecule has 4 heteroatoms. The van der Waals surface area contributed by atoms with Crippen molar-refractivity contribution in [1.82, 2.24) is 9.88 Å². The molecule has 0 atom stereocenters. The molecule has 0 radical (unpaired) electrons. The molecule has 3 saturated heterocycles. The Morgan fingerprint density at radius 1 is 1.24 bits per heavy atom. The van der Waals surface area contributed by atoms with Crippen LogP contribution in [0.5, 0.6) is 0 Å². The third kappa shape index (κ3) is 2.04. The molecule has 2 bridgehead atoms. The number of hydrogen-bond donors (Lipinski definition) is 0. The monoisotopic (exact) mass is 298 g/mol. The third-order valence-corrected chi connectivity index (χ3v) is 4.81. The molecule has 3 fully saturated rings. The molecule has 4 heterocycles. The fourth-order valence-electron chi connectivity index (χ4n) is 3.34. The molecule has 21 heavy (non-hydrogen) atoms. The van der Waals surface area contributed by atoms with E-state index >= 15 is 0 Å². The second kappa shape index (κ2) is 4.85. The van der Waals surface area contributed by atoms with Gasteiger partial charge in [-0.25, -0.2) is 0 Å². The van der Waals surface area contributed by atoms with Gasteiger partial charge in [-0.2, -0.15) is 0 Å². The average molecular weight is 299 g/mol. The zero-order chi connectivity index (χ0) is 14.4. The number of hydrogen-bond acceptors (Lipinski definition) is 3. The second-order valence-electron chi connectivity index (χ2n) is 5.69. The van der Waals surface area contributed by atoms with Crippen LogP contribution in [0, 0.1) is 5.92 Å². The van der Waals surface area contributed by atoms with Crippen molar-refractivity contribution in [1.29, 1.82) is 0 Å². The number of benzene rings is 1. The maximum atomic E-state index is 12.4. The van der Waals surface area contributed by atoms with E-state index in [0.717, 1.165) is 48.1 Å². The number of Topliss-reactive ketones (excluding diaryl/α,β-unsaturated/α-hetero) is 1. The summed E-state index contributed by atoms with van der Waals surface area (Å²) in [5, 5.41) is 1.64. The van der Waals surface area contributed by atoms with E-state index in [1.54, 1.807) is 6.20 Å². The molecule has 3 nitrogen and oxygen atoms in total. The highest BCUT2D eigenvalue weighted by molar-refractivity contribution is 6.35. The van der Waals surface area contributed by atoms with Crippen LogP contribution in [0.4, 0.5) is 0 Å². The molecule has 3 aliphatic heterocycles. The van der Waals surface area contributed by atoms with Gasteiger partial charge >= 0.3 is 0 Å². The summed E-state index contributed by atoms with van der Waals surface area (Å²) in [6, 6.07) is 7.71. The van der Waals surface area contributed by atoms with E-state index in [1.165, 1.54) is 0 Å². The quantitative estimate of drug-likeness (QED) is 0.755. The number of allylic oxidation sites excluding steroid dienone is 1. The number of para-hydroxylation sites is 1. The Morgan fingerprint density at radius 2 is 2.05 bits per heavy atom. The van der Waals surface area contributed by atoms with Crippen LogP contribution >= 0.6 is 11.6 Å². The largest absolute Gasteiger partial charge is 0.369 e. The molecule has 0 N–H and O–H groups in total. The standard InChI is InChI=1S/C17H15ClN2O/c18-14-3-1-2-13-12(4-7-19-16(13)14)10-15-17(21)11-5-8-20(15)9-6-11/h1-4,7,10-11H,5-6,8-9H2/b15-10-. The number of halogens is 1. The first-order chi connectivity index (χ1) is 10.2. The van der Waals surface area contributed by atoms with E-state index in [4.69, 9.17) is 11.6 Å². The van der Waals surface area contributed by atoms with Crippen molar-refractivity contribution in [2.24, 2.45) is 5.92 Å². The molecule has 0 saturated carbocycles. The normalized spacial score (nSPS) is 20.7. The van der Waals surface area contributed by atoms with E-state index in [-0.39, 0.29) is 5.92 Å². The zero-order valence-corrected chi connectivity index (χ0v) is 12.3. The molecular weight excluding hydrogens is 284 g/mol. The van der Waals surface area contributed by atoms with Crippen LogP contribution in [0.25, 0.3) is 17.0 Å². The first-order valence-electron chi connectivity index (χ1n) is 7.28. The van der Waals surface area contributed by atoms with E-state index in [2.05, 4.69) is 9.88 Å². The molecule has 3 aliphatic rings. The van der Waals surface area contributed by atoms with Crippen molar-refractivity contribution < 1.29 is 4.79 Å². The van der Waals surface area contributed by atoms with Gasteiger partial charge in [-0.3, -0.25) is 9.78 Å². The zero-order valence-electron chi connectivity index (χ0n) is 11.6. The smallest absolute Gasteiger partial charge is 0.182 e. The number of carbonyl (C=O) groups is 1. The van der Waals surface area contributed by atoms with Crippen LogP contribution in [0.3, 0.4) is 0 Å². The number of fused-ring (bicyclic) bond motifs is 4. The van der Waals surface area contributed by atoms with Crippen molar-refractivity contribution in [3.05, 3.63) is 46.7 Å². The summed E-state index contributed by atoms with van der Waals surface area (Å²) in [6.07, 6.45) is 5.76. The number of aromatic nitrogens is 1. The molecule has 0 unspecified atom stereocenters. The first kappa shape index (κ1) is 12.8. The number of nitrogens with zero attached hydrogens (tertiary/aromatic N) is 2. The molecule has 2 aromatic rings. The summed E-state index contributed by atoms with van der Waals surface area (Å²) in [6.45, 7) is 1.98. The Morgan fingerprint density at radius 3 is 2.81 bits per heavy atom. The van der Waals surface area contributed by atoms with Gasteiger partial charge in [0.25, 0.3) is 0 Å². The minimum absolute atomic E-state index is 0.220. The summed E-state index contributed by atoms with van der Waals surface area (Å²) < 4.78 is 0. The summed E-state index contributed by atoms with van der Waals surface area (Å²) in [5.74, 6) is 0.512. The van der Waals surface area contributed by atoms with Gasteiger partial charge in [-0.1, -0.05) is 23.7 Å². The number of piperidine rings is 3. The van der Waals surface area contributed by atoms with Crippen molar-refractivity contribution in [2.75, 3.05) is 13.1 Å². The molecular formula is C17H15ClN2O. The summed E-state index contributed by atoms with van der Waals surface area (Å²) in [5.41, 5.74) is 2.65. The van der Waals surface area contributed by atoms with Crippen LogP contribution in [-0.4, -0.2) is 28.8 Å². The van der Waals surface area contributed by atoms with Gasteiger partial charge in [-0.05, 0) is 36.6 Å². The van der Waals surface area contributed by atoms with E-state index in [9.17, 15) is 4.79 Å². The SMILES string of the molecule is O=C1/C(=C/c2ccnc3c(Cl)cccc23)N2CCC1CC2. The Hall–Kier alpha value is -1.87. The lowest BCUT2D eigenvalue weighted by Gasteiger charge is -2.41. The first-order valence-corrected chi connectivity index (χ1v) is 7.66. The topological polar surface area (TPSA) is 33.2 Å². The van der Waals surface area contributed by atoms with Crippen LogP contribution in [0.1, 0.15) is 18.4 Å². The van der Waals surface area contributed by atoms with Crippen LogP contribution in [-0.2, 0) is 4.79 Å². The van der Waals surface area contributed by atoms with Crippen molar-refractivity contribution in [3.63, 3.8) is 0 Å². The molecule has 0 aliphatic carbocycles. The molecule has 106 valence electrons. The lowest BCUT2D eigenvalue weighted by atomic mass is 9.84. The molecule has 1 aromatic heterocycles. The number of carbonyl (C=O) groups excluding carboxylic acids is 1. The number of ketones is 1. The Labute approximate surface area is 128 Å². The van der Waals surface area contributed by atoms with E-state index < -0.39 is 0 Å². The van der Waals surface area contributed by atoms with Gasteiger partial charge in [0, 0.05) is 30.6 Å². The fraction of sp³-hybridized carbons (Fsp3) is 0.294. The Balaban J connectivity index is 1.86. The van der Waals surface area contributed by atoms with Gasteiger partial charge in [0.15, 0.2) is 5.78 Å². The van der Waals surface area contributed by atoms with Gasteiger partial charge in [0.1, 0.15) is 0 Å². The highest BCUT2D eigenvalue weighted by atomic mass is 35.5. The summed E-state index contributed by atoms with van der Waals surface area (Å²) in [7, 11) is 0. The van der Waals surface area contributed by atoms with Gasteiger partial charge in [0.2, 0.25) is 0 Å². The maximum Gasteiger partial charge on any atom is 0.182 e. The van der Waals surface area contributed by atoms with Gasteiger partial charge < -0.3 is 4.90 Å². The second-order valence-corrected chi connectivity index (χ2v) is 6.10. The maximum absolute atomic E-state index is 12.4. The third-order valence-electron chi connectivity index (χ3n) is 4.51. The van der Waals surface area contributed by atoms with Crippen LogP contribution in [0.15, 0.2) is 36.2 Å². The molecule has 0 spiro atoms. The van der Waals surface area contributed by atoms with Gasteiger partial charge in [0.05, 0.1) is 16.2 Å². The Kier molecular flexibility index (Phi) is 2.96. The number of pyridine rings is 1. The molecule has 0 amide bonds. The van der Waals surface area contributed by atoms with Crippen LogP contribution in [0.2, 0.25) is 5.02 Å². The summed E-state index contributed by atoms with van der Waals surface area (Å²) >= 11 is 6.20. The van der Waals surface area contributed by atoms with Crippen molar-refractivity contribution >= 4 is 34.4 Å². The predicted octanol–water partition coefficient (Wildman–Crippen LogP) is 3.52. The van der Waals surface area contributed by atoms with Gasteiger partial charge in [-0.15, -0.1) is 0 Å². The Bertz CT molecular complexity index is 760. The fourth-order valence-corrected chi connectivity index (χ4v) is 3.57. The predicted molar refractivity (Wildman–Crippen MR) is 84.0 cm³/mol. The highest BCUT2D eigenvalue weighted by Crippen LogP contribution is 2.33. The lowest BCUT2D eigenvalue weighted by molar-refractivity contribution is -0.125. The minimum Gasteiger partial charge on any atom is -0.369 e. The van der Waals surface area contributed by atoms with E-state index in [0.29, 0.717) is 10.8 Å². The van der Waals surface area contributed by atoms with Crippen LogP contribution < -0.4 is 0 Å². The van der Waals surface area contributed by atoms with E-state index in [1.807, 2.05) is 30.3 Å². The van der Waals surface area contributed by atoms with Crippen molar-refractivity contribution in [2.45, 2.75) is 12.8 Å². The lowest BCUT2D eigenvalue weighted by Crippen LogP contribution is -2.45. The molecule has 1 aromatic carbocycles.